The fourth-order valence-electron chi connectivity index (χ4n) is 3.86. The number of unbranched alkanes of at least 4 members (excludes halogenated alkanes) is 1. The third-order valence-corrected chi connectivity index (χ3v) is 5.26. The van der Waals surface area contributed by atoms with Gasteiger partial charge in [0.1, 0.15) is 17.2 Å². The van der Waals surface area contributed by atoms with E-state index in [1.165, 1.54) is 12.3 Å². The van der Waals surface area contributed by atoms with Crippen molar-refractivity contribution in [2.24, 2.45) is 0 Å². The Labute approximate surface area is 162 Å². The lowest BCUT2D eigenvalue weighted by Crippen LogP contribution is -2.19. The molecule has 2 aromatic heterocycles. The lowest BCUT2D eigenvalue weighted by Gasteiger charge is -2.24. The Balaban J connectivity index is 2.13. The highest BCUT2D eigenvalue weighted by atomic mass is 16.5. The van der Waals surface area contributed by atoms with Crippen LogP contribution in [0.4, 0.5) is 0 Å². The van der Waals surface area contributed by atoms with E-state index in [-0.39, 0.29) is 17.1 Å². The Morgan fingerprint density at radius 2 is 1.89 bits per heavy atom. The predicted molar refractivity (Wildman–Crippen MR) is 110 cm³/mol. The number of benzene rings is 1. The van der Waals surface area contributed by atoms with Crippen molar-refractivity contribution in [1.29, 1.82) is 0 Å². The van der Waals surface area contributed by atoms with Gasteiger partial charge in [-0.25, -0.2) is 4.79 Å². The van der Waals surface area contributed by atoms with Gasteiger partial charge in [-0.2, -0.15) is 0 Å². The Morgan fingerprint density at radius 3 is 2.64 bits per heavy atom. The molecule has 0 radical (unpaired) electrons. The summed E-state index contributed by atoms with van der Waals surface area (Å²) >= 11 is 0. The van der Waals surface area contributed by atoms with Gasteiger partial charge in [-0.05, 0) is 43.9 Å². The van der Waals surface area contributed by atoms with E-state index in [1.807, 2.05) is 12.2 Å². The van der Waals surface area contributed by atoms with Crippen LogP contribution in [-0.4, -0.2) is 6.10 Å². The molecule has 1 atom stereocenters. The highest BCUT2D eigenvalue weighted by molar-refractivity contribution is 6.10. The van der Waals surface area contributed by atoms with Crippen molar-refractivity contribution in [1.82, 2.24) is 0 Å². The summed E-state index contributed by atoms with van der Waals surface area (Å²) < 4.78 is 17.7. The zero-order chi connectivity index (χ0) is 19.8. The van der Waals surface area contributed by atoms with Crippen molar-refractivity contribution in [3.05, 3.63) is 55.7 Å². The molecule has 0 N–H and O–H groups in total. The van der Waals surface area contributed by atoms with Crippen LogP contribution in [-0.2, 0) is 6.42 Å². The van der Waals surface area contributed by atoms with E-state index in [0.29, 0.717) is 34.1 Å². The Morgan fingerprint density at radius 1 is 1.07 bits per heavy atom. The van der Waals surface area contributed by atoms with E-state index in [2.05, 4.69) is 13.8 Å². The highest BCUT2D eigenvalue weighted by Gasteiger charge is 2.27. The molecule has 0 saturated carbocycles. The molecule has 5 nitrogen and oxygen atoms in total. The third-order valence-electron chi connectivity index (χ3n) is 5.26. The Hall–Kier alpha value is -2.82. The number of hydrogen-bond acceptors (Lipinski definition) is 5. The maximum absolute atomic E-state index is 12.9. The van der Waals surface area contributed by atoms with Gasteiger partial charge in [0, 0.05) is 11.6 Å². The molecule has 4 rings (SSSR count). The first kappa shape index (κ1) is 18.5. The maximum Gasteiger partial charge on any atom is 0.336 e. The zero-order valence-electron chi connectivity index (χ0n) is 16.5. The molecule has 1 aromatic carbocycles. The normalized spacial score (nSPS) is 15.8. The van der Waals surface area contributed by atoms with E-state index in [0.717, 1.165) is 36.8 Å². The summed E-state index contributed by atoms with van der Waals surface area (Å²) in [6, 6.07) is 1.51. The number of ether oxygens (including phenoxy) is 1. The van der Waals surface area contributed by atoms with Crippen molar-refractivity contribution in [2.45, 2.75) is 59.0 Å². The molecular weight excluding hydrogens is 356 g/mol. The molecule has 0 aliphatic carbocycles. The summed E-state index contributed by atoms with van der Waals surface area (Å²) in [6.07, 6.45) is 10.00. The van der Waals surface area contributed by atoms with Gasteiger partial charge < -0.3 is 13.6 Å². The zero-order valence-corrected chi connectivity index (χ0v) is 16.5. The largest absolute Gasteiger partial charge is 0.485 e. The van der Waals surface area contributed by atoms with Crippen LogP contribution < -0.4 is 15.8 Å². The fraction of sp³-hybridized carbons (Fsp3) is 0.391. The van der Waals surface area contributed by atoms with Crippen LogP contribution in [0.15, 0.2) is 36.8 Å². The van der Waals surface area contributed by atoms with Crippen LogP contribution in [0.5, 0.6) is 5.75 Å². The summed E-state index contributed by atoms with van der Waals surface area (Å²) in [7, 11) is 0. The van der Waals surface area contributed by atoms with E-state index < -0.39 is 5.63 Å². The molecule has 5 heteroatoms. The van der Waals surface area contributed by atoms with Gasteiger partial charge in [0.25, 0.3) is 0 Å². The minimum atomic E-state index is -0.466. The monoisotopic (exact) mass is 380 g/mol. The number of rotatable bonds is 5. The first-order valence-electron chi connectivity index (χ1n) is 9.94. The second-order valence-electron chi connectivity index (χ2n) is 7.40. The van der Waals surface area contributed by atoms with Crippen LogP contribution in [0.25, 0.3) is 28.0 Å². The number of hydrogen-bond donors (Lipinski definition) is 0. The second-order valence-corrected chi connectivity index (χ2v) is 7.40. The molecule has 1 aliphatic heterocycles. The summed E-state index contributed by atoms with van der Waals surface area (Å²) in [5, 5.41) is 1.02. The molecule has 28 heavy (non-hydrogen) atoms. The quantitative estimate of drug-likeness (QED) is 0.454. The average molecular weight is 380 g/mol. The lowest BCUT2D eigenvalue weighted by atomic mass is 9.96. The number of aryl methyl sites for hydroxylation is 2. The van der Waals surface area contributed by atoms with Crippen LogP contribution in [0.2, 0.25) is 0 Å². The Bertz CT molecular complexity index is 1200. The second kappa shape index (κ2) is 7.30. The van der Waals surface area contributed by atoms with Gasteiger partial charge >= 0.3 is 5.63 Å². The van der Waals surface area contributed by atoms with Gasteiger partial charge in [0.05, 0.1) is 17.2 Å². The van der Waals surface area contributed by atoms with Gasteiger partial charge in [0.15, 0.2) is 16.6 Å². The van der Waals surface area contributed by atoms with Crippen molar-refractivity contribution in [2.75, 3.05) is 0 Å². The summed E-state index contributed by atoms with van der Waals surface area (Å²) in [6.45, 7) is 5.89. The van der Waals surface area contributed by atoms with Gasteiger partial charge in [0.2, 0.25) is 0 Å². The van der Waals surface area contributed by atoms with Crippen LogP contribution in [0.1, 0.15) is 56.2 Å². The van der Waals surface area contributed by atoms with Crippen molar-refractivity contribution >= 4 is 28.0 Å². The SMILES string of the molecule is CCCCC1C=Cc2c(c3c(CCC)cc(=O)oc3c3c(=O)c(C)coc23)O1. The molecule has 0 fully saturated rings. The standard InChI is InChI=1S/C23H24O5/c1-4-6-8-15-9-10-16-21-19(20(25)13(3)12-26-21)23-18(22(16)27-15)14(7-5-2)11-17(24)28-23/h9-12,15H,4-8H2,1-3H3. The molecule has 3 heterocycles. The van der Waals surface area contributed by atoms with Gasteiger partial charge in [-0.15, -0.1) is 0 Å². The van der Waals surface area contributed by atoms with E-state index >= 15 is 0 Å². The highest BCUT2D eigenvalue weighted by Crippen LogP contribution is 2.42. The van der Waals surface area contributed by atoms with Crippen molar-refractivity contribution in [3.63, 3.8) is 0 Å². The molecule has 146 valence electrons. The summed E-state index contributed by atoms with van der Waals surface area (Å²) in [4.78, 5) is 25.2. The first-order chi connectivity index (χ1) is 13.5. The van der Waals surface area contributed by atoms with Crippen molar-refractivity contribution in [3.8, 4) is 5.75 Å². The molecule has 0 amide bonds. The molecule has 1 aliphatic rings. The van der Waals surface area contributed by atoms with E-state index in [4.69, 9.17) is 13.6 Å². The first-order valence-corrected chi connectivity index (χ1v) is 9.94. The van der Waals surface area contributed by atoms with E-state index in [1.54, 1.807) is 6.92 Å². The fourth-order valence-corrected chi connectivity index (χ4v) is 3.86. The van der Waals surface area contributed by atoms with Crippen LogP contribution in [0.3, 0.4) is 0 Å². The molecule has 3 aromatic rings. The molecule has 1 unspecified atom stereocenters. The minimum absolute atomic E-state index is 0.0494. The molecular formula is C23H24O5. The lowest BCUT2D eigenvalue weighted by molar-refractivity contribution is 0.234. The number of fused-ring (bicyclic) bond motifs is 6. The average Bonchev–Trinajstić information content (AvgIpc) is 2.68. The summed E-state index contributed by atoms with van der Waals surface area (Å²) in [5.41, 5.74) is 2.07. The van der Waals surface area contributed by atoms with Crippen molar-refractivity contribution < 1.29 is 13.6 Å². The maximum atomic E-state index is 12.9. The van der Waals surface area contributed by atoms with E-state index in [9.17, 15) is 9.59 Å². The third kappa shape index (κ3) is 2.95. The van der Waals surface area contributed by atoms with Gasteiger partial charge in [-0.3, -0.25) is 4.79 Å². The van der Waals surface area contributed by atoms with Crippen LogP contribution >= 0.6 is 0 Å². The molecule has 0 spiro atoms. The summed E-state index contributed by atoms with van der Waals surface area (Å²) in [5.74, 6) is 0.644. The topological polar surface area (TPSA) is 69.7 Å². The smallest absolute Gasteiger partial charge is 0.336 e. The van der Waals surface area contributed by atoms with Crippen LogP contribution in [0, 0.1) is 6.92 Å². The Kier molecular flexibility index (Phi) is 4.84. The van der Waals surface area contributed by atoms with Gasteiger partial charge in [-0.1, -0.05) is 26.7 Å². The predicted octanol–water partition coefficient (Wildman–Crippen LogP) is 5.12. The minimum Gasteiger partial charge on any atom is -0.485 e. The molecule has 0 saturated heterocycles. The molecule has 0 bridgehead atoms.